The SMILES string of the molecule is COC(=O)C1=C(c2ccccc2)[N+](Cc2cc(C(F)(F)F)cc(C(F)(F)F)c2)(C(N)=O)C=N1. The van der Waals surface area contributed by atoms with E-state index in [2.05, 4.69) is 9.73 Å². The number of halogens is 6. The first kappa shape index (κ1) is 24.0. The summed E-state index contributed by atoms with van der Waals surface area (Å²) in [5, 5.41) is 0. The minimum atomic E-state index is -5.08. The normalized spacial score (nSPS) is 18.5. The summed E-state index contributed by atoms with van der Waals surface area (Å²) in [6, 6.07) is 7.47. The van der Waals surface area contributed by atoms with Gasteiger partial charge in [-0.2, -0.15) is 35.8 Å². The van der Waals surface area contributed by atoms with Crippen LogP contribution < -0.4 is 5.73 Å². The molecule has 0 saturated heterocycles. The Bertz CT molecular complexity index is 1120. The molecule has 1 heterocycles. The predicted molar refractivity (Wildman–Crippen MR) is 104 cm³/mol. The summed E-state index contributed by atoms with van der Waals surface area (Å²) >= 11 is 0. The molecule has 6 nitrogen and oxygen atoms in total. The van der Waals surface area contributed by atoms with Crippen molar-refractivity contribution in [2.75, 3.05) is 7.11 Å². The molecule has 0 aliphatic carbocycles. The van der Waals surface area contributed by atoms with Crippen LogP contribution in [0.1, 0.15) is 22.3 Å². The molecule has 1 aliphatic rings. The molecule has 2 N–H and O–H groups in total. The molecule has 33 heavy (non-hydrogen) atoms. The molecule has 1 unspecified atom stereocenters. The van der Waals surface area contributed by atoms with Crippen molar-refractivity contribution in [3.05, 3.63) is 76.5 Å². The number of carbonyl (C=O) groups is 2. The largest absolute Gasteiger partial charge is 0.464 e. The van der Waals surface area contributed by atoms with Crippen molar-refractivity contribution in [1.29, 1.82) is 0 Å². The van der Waals surface area contributed by atoms with Gasteiger partial charge in [0.05, 0.1) is 18.2 Å². The van der Waals surface area contributed by atoms with Crippen molar-refractivity contribution in [3.8, 4) is 0 Å². The van der Waals surface area contributed by atoms with Gasteiger partial charge in [-0.1, -0.05) is 18.2 Å². The van der Waals surface area contributed by atoms with Gasteiger partial charge >= 0.3 is 24.4 Å². The molecule has 12 heteroatoms. The molecule has 3 rings (SSSR count). The summed E-state index contributed by atoms with van der Waals surface area (Å²) in [5.41, 5.74) is 1.72. The smallest absolute Gasteiger partial charge is 0.425 e. The van der Waals surface area contributed by atoms with Gasteiger partial charge in [-0.15, -0.1) is 0 Å². The molecule has 1 aliphatic heterocycles. The second kappa shape index (κ2) is 8.35. The lowest BCUT2D eigenvalue weighted by molar-refractivity contribution is -0.683. The Labute approximate surface area is 183 Å². The zero-order valence-electron chi connectivity index (χ0n) is 16.9. The number of rotatable bonds is 4. The summed E-state index contributed by atoms with van der Waals surface area (Å²) in [5.74, 6) is -0.966. The number of methoxy groups -OCH3 is 1. The third kappa shape index (κ3) is 4.60. The quantitative estimate of drug-likeness (QED) is 0.398. The van der Waals surface area contributed by atoms with Gasteiger partial charge in [0.2, 0.25) is 12.0 Å². The molecular weight excluding hydrogens is 456 g/mol. The molecule has 0 spiro atoms. The highest BCUT2D eigenvalue weighted by molar-refractivity contribution is 6.02. The van der Waals surface area contributed by atoms with Crippen LogP contribution in [0.3, 0.4) is 0 Å². The zero-order chi connectivity index (χ0) is 24.6. The number of aliphatic imine (C=N–C) groups is 1. The van der Waals surface area contributed by atoms with Gasteiger partial charge in [-0.05, 0) is 30.3 Å². The third-order valence-corrected chi connectivity index (χ3v) is 4.91. The van der Waals surface area contributed by atoms with Gasteiger partial charge < -0.3 is 10.5 Å². The van der Waals surface area contributed by atoms with Crippen molar-refractivity contribution in [2.45, 2.75) is 18.9 Å². The highest BCUT2D eigenvalue weighted by Crippen LogP contribution is 2.40. The maximum atomic E-state index is 13.3. The van der Waals surface area contributed by atoms with Gasteiger partial charge in [0.25, 0.3) is 0 Å². The number of amides is 2. The standard InChI is InChI=1S/C21H15F6N3O3/c1-33-18(31)16-17(13-5-3-2-4-6-13)30(11-29-16,19(28)32)10-12-7-14(20(22,23)24)9-15(8-12)21(25,26)27/h2-9,11H,10H2,1H3,(H-,28,32)/p+1. The monoisotopic (exact) mass is 472 g/mol. The maximum absolute atomic E-state index is 13.3. The number of benzene rings is 2. The van der Waals surface area contributed by atoms with Crippen LogP contribution in [0.2, 0.25) is 0 Å². The van der Waals surface area contributed by atoms with E-state index >= 15 is 0 Å². The van der Waals surface area contributed by atoms with E-state index in [-0.39, 0.29) is 23.0 Å². The third-order valence-electron chi connectivity index (χ3n) is 4.91. The van der Waals surface area contributed by atoms with E-state index < -0.39 is 52.1 Å². The number of urea groups is 1. The van der Waals surface area contributed by atoms with Crippen molar-refractivity contribution in [3.63, 3.8) is 0 Å². The highest BCUT2D eigenvalue weighted by Gasteiger charge is 2.48. The van der Waals surface area contributed by atoms with Crippen molar-refractivity contribution in [2.24, 2.45) is 10.7 Å². The average Bonchev–Trinajstić information content (AvgIpc) is 3.12. The summed E-state index contributed by atoms with van der Waals surface area (Å²) < 4.78 is 83.3. The van der Waals surface area contributed by atoms with Crippen LogP contribution in [-0.4, -0.2) is 29.9 Å². The Kier molecular flexibility index (Phi) is 6.07. The van der Waals surface area contributed by atoms with E-state index in [4.69, 9.17) is 5.73 Å². The van der Waals surface area contributed by atoms with E-state index in [0.717, 1.165) is 13.4 Å². The fourth-order valence-electron chi connectivity index (χ4n) is 3.44. The number of nitrogens with two attached hydrogens (primary N) is 1. The molecular formula is C21H16F6N3O3+. The lowest BCUT2D eigenvalue weighted by atomic mass is 10.0. The molecule has 0 aromatic heterocycles. The van der Waals surface area contributed by atoms with E-state index in [0.29, 0.717) is 12.1 Å². The number of primary amides is 1. The number of carbonyl (C=O) groups excluding carboxylic acids is 2. The minimum absolute atomic E-state index is 0.0238. The fourth-order valence-corrected chi connectivity index (χ4v) is 3.44. The van der Waals surface area contributed by atoms with Crippen LogP contribution in [0.15, 0.2) is 59.2 Å². The maximum Gasteiger partial charge on any atom is 0.425 e. The molecule has 0 bridgehead atoms. The van der Waals surface area contributed by atoms with Crippen LogP contribution in [0.25, 0.3) is 5.70 Å². The average molecular weight is 472 g/mol. The second-order valence-electron chi connectivity index (χ2n) is 7.08. The van der Waals surface area contributed by atoms with Gasteiger partial charge in [0.15, 0.2) is 5.70 Å². The minimum Gasteiger partial charge on any atom is -0.464 e. The Morgan fingerprint density at radius 2 is 1.52 bits per heavy atom. The summed E-state index contributed by atoms with van der Waals surface area (Å²) in [4.78, 5) is 28.8. The summed E-state index contributed by atoms with van der Waals surface area (Å²) in [7, 11) is 1.05. The van der Waals surface area contributed by atoms with Crippen LogP contribution in [-0.2, 0) is 28.4 Å². The number of quaternary nitrogens is 1. The van der Waals surface area contributed by atoms with Crippen LogP contribution in [0, 0.1) is 0 Å². The second-order valence-corrected chi connectivity index (χ2v) is 7.08. The molecule has 0 saturated carbocycles. The van der Waals surface area contributed by atoms with Crippen LogP contribution in [0.4, 0.5) is 31.1 Å². The van der Waals surface area contributed by atoms with E-state index in [1.807, 2.05) is 0 Å². The van der Waals surface area contributed by atoms with E-state index in [1.165, 1.54) is 12.1 Å². The lowest BCUT2D eigenvalue weighted by Gasteiger charge is -2.28. The zero-order valence-corrected chi connectivity index (χ0v) is 16.9. The molecule has 2 aromatic carbocycles. The molecule has 2 aromatic rings. The Balaban J connectivity index is 2.25. The first-order chi connectivity index (χ1) is 15.3. The number of nitrogens with zero attached hydrogens (tertiary/aromatic N) is 2. The molecule has 174 valence electrons. The number of ether oxygens (including phenoxy) is 1. The van der Waals surface area contributed by atoms with Gasteiger partial charge in [-0.25, -0.2) is 9.59 Å². The van der Waals surface area contributed by atoms with Crippen LogP contribution >= 0.6 is 0 Å². The molecule has 1 atom stereocenters. The number of alkyl halides is 6. The first-order valence-electron chi connectivity index (χ1n) is 9.19. The molecule has 0 fully saturated rings. The Morgan fingerprint density at radius 1 is 0.970 bits per heavy atom. The topological polar surface area (TPSA) is 81.8 Å². The van der Waals surface area contributed by atoms with E-state index in [9.17, 15) is 35.9 Å². The molecule has 2 amide bonds. The lowest BCUT2D eigenvalue weighted by Crippen LogP contribution is -2.51. The number of esters is 1. The highest BCUT2D eigenvalue weighted by atomic mass is 19.4. The van der Waals surface area contributed by atoms with Gasteiger partial charge in [0, 0.05) is 11.1 Å². The number of hydrogen-bond acceptors (Lipinski definition) is 4. The Morgan fingerprint density at radius 3 is 1.97 bits per heavy atom. The van der Waals surface area contributed by atoms with Crippen molar-refractivity contribution < 1.29 is 45.2 Å². The van der Waals surface area contributed by atoms with Gasteiger partial charge in [-0.3, -0.25) is 0 Å². The predicted octanol–water partition coefficient (Wildman–Crippen LogP) is 4.70. The fraction of sp³-hybridized carbons (Fsp3) is 0.190. The summed E-state index contributed by atoms with van der Waals surface area (Å²) in [6.45, 7) is -0.767. The van der Waals surface area contributed by atoms with Crippen molar-refractivity contribution >= 4 is 24.0 Å². The Hall–Kier alpha value is -3.67. The summed E-state index contributed by atoms with van der Waals surface area (Å²) in [6.07, 6.45) is -9.27. The van der Waals surface area contributed by atoms with Crippen molar-refractivity contribution in [1.82, 2.24) is 0 Å². The first-order valence-corrected chi connectivity index (χ1v) is 9.19. The van der Waals surface area contributed by atoms with E-state index in [1.54, 1.807) is 18.2 Å². The van der Waals surface area contributed by atoms with Crippen LogP contribution in [0.5, 0.6) is 0 Å². The number of hydrogen-bond donors (Lipinski definition) is 1. The van der Waals surface area contributed by atoms with Gasteiger partial charge in [0.1, 0.15) is 6.54 Å². The molecule has 0 radical (unpaired) electrons.